The van der Waals surface area contributed by atoms with Crippen LogP contribution in [0, 0.1) is 0 Å². The highest BCUT2D eigenvalue weighted by Gasteiger charge is 2.12. The van der Waals surface area contributed by atoms with Gasteiger partial charge in [0.2, 0.25) is 5.82 Å². The number of H-pyrrole nitrogens is 1. The van der Waals surface area contributed by atoms with Gasteiger partial charge in [-0.3, -0.25) is 9.89 Å². The van der Waals surface area contributed by atoms with Gasteiger partial charge in [-0.1, -0.05) is 11.8 Å². The average molecular weight is 343 g/mol. The van der Waals surface area contributed by atoms with Crippen LogP contribution < -0.4 is 4.74 Å². The topological polar surface area (TPSA) is 101 Å². The molecule has 0 saturated heterocycles. The molecule has 2 heterocycles. The van der Waals surface area contributed by atoms with Gasteiger partial charge in [0.1, 0.15) is 18.3 Å². The zero-order valence-corrected chi connectivity index (χ0v) is 13.4. The van der Waals surface area contributed by atoms with E-state index in [2.05, 4.69) is 15.2 Å². The van der Waals surface area contributed by atoms with Crippen LogP contribution in [0.1, 0.15) is 16.2 Å². The maximum absolute atomic E-state index is 12.1. The summed E-state index contributed by atoms with van der Waals surface area (Å²) in [6.45, 7) is 0. The lowest BCUT2D eigenvalue weighted by molar-refractivity contribution is 0.104. The summed E-state index contributed by atoms with van der Waals surface area (Å²) in [5.74, 6) is 0.108. The minimum atomic E-state index is -0.400. The van der Waals surface area contributed by atoms with E-state index < -0.39 is 5.78 Å². The number of aliphatic hydroxyl groups excluding tert-OH is 1. The highest BCUT2D eigenvalue weighted by atomic mass is 32.2. The molecule has 0 aliphatic carbocycles. The summed E-state index contributed by atoms with van der Waals surface area (Å²) < 4.78 is 10.5. The monoisotopic (exact) mass is 343 g/mol. The number of rotatable bonds is 6. The van der Waals surface area contributed by atoms with Crippen LogP contribution in [-0.4, -0.2) is 33.2 Å². The first-order valence-corrected chi connectivity index (χ1v) is 7.69. The molecular weight excluding hydrogens is 330 g/mol. The Morgan fingerprint density at radius 1 is 1.38 bits per heavy atom. The van der Waals surface area contributed by atoms with Gasteiger partial charge in [0.15, 0.2) is 16.6 Å². The molecule has 1 aromatic carbocycles. The molecule has 0 atom stereocenters. The van der Waals surface area contributed by atoms with E-state index in [0.717, 1.165) is 16.7 Å². The van der Waals surface area contributed by atoms with Crippen LogP contribution in [0.2, 0.25) is 0 Å². The molecule has 0 radical (unpaired) electrons. The van der Waals surface area contributed by atoms with Crippen molar-refractivity contribution in [3.63, 3.8) is 0 Å². The summed E-state index contributed by atoms with van der Waals surface area (Å²) in [6, 6.07) is 9.08. The molecule has 7 nitrogen and oxygen atoms in total. The van der Waals surface area contributed by atoms with E-state index >= 15 is 0 Å². The highest BCUT2D eigenvalue weighted by Crippen LogP contribution is 2.30. The quantitative estimate of drug-likeness (QED) is 0.402. The van der Waals surface area contributed by atoms with Gasteiger partial charge in [0, 0.05) is 17.0 Å². The number of aromatic nitrogens is 3. The third-order valence-corrected chi connectivity index (χ3v) is 3.97. The molecule has 24 heavy (non-hydrogen) atoms. The first-order valence-electron chi connectivity index (χ1n) is 6.87. The van der Waals surface area contributed by atoms with Crippen molar-refractivity contribution >= 4 is 23.3 Å². The number of nitrogens with one attached hydrogen (secondary N) is 1. The number of ketones is 1. The van der Waals surface area contributed by atoms with E-state index in [1.54, 1.807) is 13.2 Å². The van der Waals surface area contributed by atoms with Gasteiger partial charge in [0.25, 0.3) is 0 Å². The summed E-state index contributed by atoms with van der Waals surface area (Å²) >= 11 is 1.37. The number of carbonyl (C=O) groups is 1. The number of hydrogen-bond donors (Lipinski definition) is 2. The Bertz CT molecular complexity index is 854. The molecule has 3 rings (SSSR count). The first kappa shape index (κ1) is 15.9. The zero-order valence-electron chi connectivity index (χ0n) is 12.6. The van der Waals surface area contributed by atoms with Crippen molar-refractivity contribution in [2.45, 2.75) is 9.99 Å². The van der Waals surface area contributed by atoms with Crippen LogP contribution in [0.15, 0.2) is 63.4 Å². The van der Waals surface area contributed by atoms with Crippen molar-refractivity contribution < 1.29 is 19.1 Å². The number of allylic oxidation sites excluding steroid dienone is 1. The maximum atomic E-state index is 12.1. The molecule has 0 aliphatic heterocycles. The summed E-state index contributed by atoms with van der Waals surface area (Å²) in [5, 5.41) is 16.5. The summed E-state index contributed by atoms with van der Waals surface area (Å²) in [7, 11) is 1.61. The van der Waals surface area contributed by atoms with Crippen molar-refractivity contribution in [3.8, 4) is 5.75 Å². The Morgan fingerprint density at radius 2 is 2.17 bits per heavy atom. The molecule has 3 aromatic rings. The number of aliphatic hydroxyl groups is 1. The van der Waals surface area contributed by atoms with Crippen molar-refractivity contribution in [3.05, 3.63) is 60.4 Å². The standard InChI is InChI=1S/C16H13N3O4S/c1-22-11-2-4-12(5-3-11)24-15-6-10(8-23-15)13(20)7-14(21)16-17-9-18-19-16/h2-9,21H,1H3,(H,17,18,19). The van der Waals surface area contributed by atoms with E-state index in [9.17, 15) is 9.90 Å². The van der Waals surface area contributed by atoms with Gasteiger partial charge >= 0.3 is 0 Å². The predicted octanol–water partition coefficient (Wildman–Crippen LogP) is 3.34. The molecule has 0 saturated carbocycles. The Labute approximate surface area is 141 Å². The smallest absolute Gasteiger partial charge is 0.215 e. The molecule has 0 spiro atoms. The largest absolute Gasteiger partial charge is 0.504 e. The van der Waals surface area contributed by atoms with E-state index in [0.29, 0.717) is 10.7 Å². The van der Waals surface area contributed by atoms with Crippen molar-refractivity contribution in [1.82, 2.24) is 15.2 Å². The minimum absolute atomic E-state index is 0.0553. The fourth-order valence-corrected chi connectivity index (χ4v) is 2.65. The second kappa shape index (κ2) is 7.05. The first-order chi connectivity index (χ1) is 11.7. The number of carbonyl (C=O) groups excluding carboxylic acids is 1. The molecule has 0 unspecified atom stereocenters. The van der Waals surface area contributed by atoms with Crippen LogP contribution in [-0.2, 0) is 0 Å². The van der Waals surface area contributed by atoms with Crippen LogP contribution in [0.3, 0.4) is 0 Å². The second-order valence-electron chi connectivity index (χ2n) is 4.65. The van der Waals surface area contributed by atoms with Crippen molar-refractivity contribution in [2.24, 2.45) is 0 Å². The molecule has 2 N–H and O–H groups in total. The third kappa shape index (κ3) is 3.66. The summed E-state index contributed by atoms with van der Waals surface area (Å²) in [5.41, 5.74) is 0.327. The average Bonchev–Trinajstić information content (AvgIpc) is 3.27. The summed E-state index contributed by atoms with van der Waals surface area (Å²) in [4.78, 5) is 16.8. The van der Waals surface area contributed by atoms with Gasteiger partial charge in [-0.05, 0) is 24.3 Å². The van der Waals surface area contributed by atoms with Crippen molar-refractivity contribution in [1.29, 1.82) is 0 Å². The Morgan fingerprint density at radius 3 is 2.83 bits per heavy atom. The number of hydrogen-bond acceptors (Lipinski definition) is 7. The number of benzene rings is 1. The fourth-order valence-electron chi connectivity index (χ4n) is 1.86. The molecule has 0 amide bonds. The summed E-state index contributed by atoms with van der Waals surface area (Å²) in [6.07, 6.45) is 3.71. The lowest BCUT2D eigenvalue weighted by Crippen LogP contribution is -1.95. The Balaban J connectivity index is 1.70. The molecule has 122 valence electrons. The second-order valence-corrected chi connectivity index (χ2v) is 5.73. The fraction of sp³-hybridized carbons (Fsp3) is 0.0625. The molecule has 2 aromatic heterocycles. The van der Waals surface area contributed by atoms with Gasteiger partial charge in [0.05, 0.1) is 12.7 Å². The molecule has 0 bridgehead atoms. The van der Waals surface area contributed by atoms with Crippen LogP contribution >= 0.6 is 11.8 Å². The highest BCUT2D eigenvalue weighted by molar-refractivity contribution is 7.99. The molecule has 8 heteroatoms. The number of aromatic amines is 1. The third-order valence-electron chi connectivity index (χ3n) is 3.05. The maximum Gasteiger partial charge on any atom is 0.215 e. The normalized spacial score (nSPS) is 11.5. The lowest BCUT2D eigenvalue weighted by atomic mass is 10.2. The Hall–Kier alpha value is -3.00. The zero-order chi connectivity index (χ0) is 16.9. The number of nitrogens with zero attached hydrogens (tertiary/aromatic N) is 2. The van der Waals surface area contributed by atoms with Crippen LogP contribution in [0.25, 0.3) is 5.76 Å². The lowest BCUT2D eigenvalue weighted by Gasteiger charge is -2.00. The van der Waals surface area contributed by atoms with Gasteiger partial charge in [-0.2, -0.15) is 5.10 Å². The van der Waals surface area contributed by atoms with Gasteiger partial charge in [-0.15, -0.1) is 0 Å². The number of ether oxygens (including phenoxy) is 1. The van der Waals surface area contributed by atoms with Crippen LogP contribution in [0.4, 0.5) is 0 Å². The molecular formula is C16H13N3O4S. The van der Waals surface area contributed by atoms with E-state index in [1.165, 1.54) is 24.4 Å². The molecule has 0 fully saturated rings. The van der Waals surface area contributed by atoms with Crippen molar-refractivity contribution in [2.75, 3.05) is 7.11 Å². The number of furan rings is 1. The van der Waals surface area contributed by atoms with Gasteiger partial charge < -0.3 is 14.3 Å². The Kier molecular flexibility index (Phi) is 4.66. The SMILES string of the molecule is COc1ccc(Sc2cc(C(=O)C=C(O)c3nc[nH]n3)co2)cc1. The van der Waals surface area contributed by atoms with Crippen LogP contribution in [0.5, 0.6) is 5.75 Å². The number of methoxy groups -OCH3 is 1. The van der Waals surface area contributed by atoms with E-state index in [-0.39, 0.29) is 11.6 Å². The molecule has 0 aliphatic rings. The van der Waals surface area contributed by atoms with Gasteiger partial charge in [-0.25, -0.2) is 4.98 Å². The minimum Gasteiger partial charge on any atom is -0.504 e. The predicted molar refractivity (Wildman–Crippen MR) is 87.1 cm³/mol. The van der Waals surface area contributed by atoms with E-state index in [1.807, 2.05) is 24.3 Å². The van der Waals surface area contributed by atoms with E-state index in [4.69, 9.17) is 9.15 Å².